The Hall–Kier alpha value is -3.90. The maximum absolute atomic E-state index is 11.3. The van der Waals surface area contributed by atoms with Crippen molar-refractivity contribution in [1.82, 2.24) is 39.5 Å². The second-order valence-electron chi connectivity index (χ2n) is 4.87. The van der Waals surface area contributed by atoms with E-state index in [0.29, 0.717) is 11.0 Å². The maximum Gasteiger partial charge on any atom is 0.405 e. The molecule has 4 aromatic heterocycles. The predicted octanol–water partition coefficient (Wildman–Crippen LogP) is -0.779. The van der Waals surface area contributed by atoms with Crippen LogP contribution in [-0.2, 0) is 14.1 Å². The number of fused-ring (bicyclic) bond motifs is 2. The molecule has 0 saturated carbocycles. The Labute approximate surface area is 137 Å². The van der Waals surface area contributed by atoms with Gasteiger partial charge < -0.3 is 20.1 Å². The van der Waals surface area contributed by atoms with E-state index in [0.717, 1.165) is 0 Å². The molecular formula is C12H11N9O4. The van der Waals surface area contributed by atoms with Crippen LogP contribution in [0.1, 0.15) is 0 Å². The third kappa shape index (κ3) is 2.73. The fourth-order valence-electron chi connectivity index (χ4n) is 2.18. The summed E-state index contributed by atoms with van der Waals surface area (Å²) in [6.07, 6.45) is 4.05. The van der Waals surface area contributed by atoms with E-state index in [2.05, 4.69) is 30.1 Å². The van der Waals surface area contributed by atoms with Crippen molar-refractivity contribution in [3.05, 3.63) is 49.7 Å². The molecule has 0 fully saturated rings. The molecule has 0 bridgehead atoms. The van der Waals surface area contributed by atoms with Gasteiger partial charge in [-0.15, -0.1) is 0 Å². The number of hydrogen-bond donors (Lipinski definition) is 2. The van der Waals surface area contributed by atoms with Crippen LogP contribution in [0.3, 0.4) is 0 Å². The van der Waals surface area contributed by atoms with Crippen molar-refractivity contribution in [3.8, 4) is 0 Å². The Morgan fingerprint density at radius 1 is 1.04 bits per heavy atom. The van der Waals surface area contributed by atoms with Gasteiger partial charge in [0.05, 0.1) is 31.0 Å². The zero-order chi connectivity index (χ0) is 18.1. The molecule has 13 nitrogen and oxygen atoms in total. The average molecular weight is 345 g/mol. The first-order chi connectivity index (χ1) is 11.9. The summed E-state index contributed by atoms with van der Waals surface area (Å²) in [6, 6.07) is 0. The van der Waals surface area contributed by atoms with Crippen molar-refractivity contribution in [3.63, 3.8) is 0 Å². The number of nitrogens with one attached hydrogen (secondary N) is 2. The highest BCUT2D eigenvalue weighted by atomic mass is 16.6. The molecule has 4 rings (SSSR count). The monoisotopic (exact) mass is 345 g/mol. The van der Waals surface area contributed by atoms with Crippen LogP contribution in [-0.4, -0.2) is 44.4 Å². The van der Waals surface area contributed by atoms with Crippen LogP contribution in [0, 0.1) is 10.1 Å². The van der Waals surface area contributed by atoms with Crippen LogP contribution < -0.4 is 11.1 Å². The zero-order valence-corrected chi connectivity index (χ0v) is 13.0. The van der Waals surface area contributed by atoms with E-state index < -0.39 is 16.3 Å². The van der Waals surface area contributed by atoms with Crippen molar-refractivity contribution < 1.29 is 4.92 Å². The summed E-state index contributed by atoms with van der Waals surface area (Å²) in [5.41, 5.74) is 0.0899. The lowest BCUT2D eigenvalue weighted by Gasteiger charge is -1.88. The number of aromatic amines is 2. The van der Waals surface area contributed by atoms with E-state index in [1.165, 1.54) is 30.6 Å². The Kier molecular flexibility index (Phi) is 3.80. The van der Waals surface area contributed by atoms with Gasteiger partial charge >= 0.3 is 5.82 Å². The van der Waals surface area contributed by atoms with Crippen LogP contribution in [0.4, 0.5) is 5.82 Å². The second-order valence-corrected chi connectivity index (χ2v) is 4.87. The molecule has 0 aliphatic rings. The zero-order valence-electron chi connectivity index (χ0n) is 13.0. The van der Waals surface area contributed by atoms with Crippen LogP contribution in [0.25, 0.3) is 22.1 Å². The summed E-state index contributed by atoms with van der Waals surface area (Å²) in [5, 5.41) is 18.4. The minimum Gasteiger partial charge on any atom is -0.358 e. The molecule has 0 spiro atoms. The van der Waals surface area contributed by atoms with E-state index >= 15 is 0 Å². The van der Waals surface area contributed by atoms with Crippen LogP contribution >= 0.6 is 0 Å². The summed E-state index contributed by atoms with van der Waals surface area (Å²) in [6.45, 7) is 0. The van der Waals surface area contributed by atoms with Gasteiger partial charge in [0, 0.05) is 7.05 Å². The molecule has 4 heterocycles. The molecule has 0 atom stereocenters. The molecule has 0 unspecified atom stereocenters. The fourth-order valence-corrected chi connectivity index (χ4v) is 2.18. The molecule has 2 N–H and O–H groups in total. The molecule has 25 heavy (non-hydrogen) atoms. The van der Waals surface area contributed by atoms with Gasteiger partial charge in [-0.3, -0.25) is 14.3 Å². The lowest BCUT2D eigenvalue weighted by Crippen LogP contribution is -2.07. The lowest BCUT2D eigenvalue weighted by molar-refractivity contribution is -0.388. The molecule has 4 aromatic rings. The Bertz CT molecular complexity index is 1200. The Morgan fingerprint density at radius 3 is 2.32 bits per heavy atom. The Morgan fingerprint density at radius 2 is 1.68 bits per heavy atom. The number of aromatic nitrogens is 8. The van der Waals surface area contributed by atoms with Crippen LogP contribution in [0.2, 0.25) is 0 Å². The van der Waals surface area contributed by atoms with E-state index in [1.54, 1.807) is 11.7 Å². The quantitative estimate of drug-likeness (QED) is 0.334. The third-order valence-electron chi connectivity index (χ3n) is 3.32. The fraction of sp³-hybridized carbons (Fsp3) is 0.167. The summed E-state index contributed by atoms with van der Waals surface area (Å²) in [4.78, 5) is 44.6. The number of nitrogens with zero attached hydrogens (tertiary/aromatic N) is 7. The summed E-state index contributed by atoms with van der Waals surface area (Å²) in [7, 11) is 3.23. The molecule has 13 heteroatoms. The molecule has 0 radical (unpaired) electrons. The summed E-state index contributed by atoms with van der Waals surface area (Å²) >= 11 is 0. The highest BCUT2D eigenvalue weighted by Gasteiger charge is 2.23. The van der Waals surface area contributed by atoms with Crippen molar-refractivity contribution in [2.75, 3.05) is 0 Å². The summed E-state index contributed by atoms with van der Waals surface area (Å²) in [5.74, 6) is -0.475. The lowest BCUT2D eigenvalue weighted by atomic mass is 10.4. The molecule has 0 aliphatic carbocycles. The van der Waals surface area contributed by atoms with E-state index in [4.69, 9.17) is 0 Å². The minimum atomic E-state index is -0.709. The maximum atomic E-state index is 11.3. The predicted molar refractivity (Wildman–Crippen MR) is 84.9 cm³/mol. The molecule has 0 aliphatic heterocycles. The standard InChI is InChI=1S/C6H5N5O3.C6H6N4O/c1-10-4-3(5(9-10)11(13)14)6(12)8-2-7-4;1-10-5-4(2-9-10)6(11)8-3-7-5/h2H,1H3,(H,7,8,12);2-3H,1H3,(H,7,8,11). The van der Waals surface area contributed by atoms with E-state index in [9.17, 15) is 19.7 Å². The number of nitro groups is 1. The van der Waals surface area contributed by atoms with Gasteiger partial charge in [0.2, 0.25) is 0 Å². The van der Waals surface area contributed by atoms with Crippen molar-refractivity contribution in [2.24, 2.45) is 14.1 Å². The highest BCUT2D eigenvalue weighted by molar-refractivity contribution is 5.82. The van der Waals surface area contributed by atoms with Gasteiger partial charge in [0.25, 0.3) is 11.1 Å². The average Bonchev–Trinajstić information content (AvgIpc) is 3.12. The number of aryl methyl sites for hydroxylation is 2. The van der Waals surface area contributed by atoms with Gasteiger partial charge in [-0.05, 0) is 4.92 Å². The largest absolute Gasteiger partial charge is 0.405 e. The molecular weight excluding hydrogens is 334 g/mol. The number of rotatable bonds is 1. The van der Waals surface area contributed by atoms with Gasteiger partial charge in [-0.25, -0.2) is 9.97 Å². The first kappa shape index (κ1) is 16.0. The van der Waals surface area contributed by atoms with E-state index in [1.807, 2.05) is 0 Å². The highest BCUT2D eigenvalue weighted by Crippen LogP contribution is 2.17. The van der Waals surface area contributed by atoms with Crippen LogP contribution in [0.5, 0.6) is 0 Å². The normalized spacial score (nSPS) is 10.6. The van der Waals surface area contributed by atoms with Crippen LogP contribution in [0.15, 0.2) is 28.4 Å². The molecule has 0 saturated heterocycles. The Balaban J connectivity index is 0.000000150. The van der Waals surface area contributed by atoms with Gasteiger partial charge in [-0.1, -0.05) is 0 Å². The second kappa shape index (κ2) is 5.95. The van der Waals surface area contributed by atoms with Gasteiger partial charge in [0.1, 0.15) is 5.39 Å². The van der Waals surface area contributed by atoms with Crippen molar-refractivity contribution >= 4 is 27.9 Å². The van der Waals surface area contributed by atoms with Gasteiger partial charge in [-0.2, -0.15) is 9.78 Å². The third-order valence-corrected chi connectivity index (χ3v) is 3.32. The summed E-state index contributed by atoms with van der Waals surface area (Å²) < 4.78 is 2.76. The van der Waals surface area contributed by atoms with Crippen molar-refractivity contribution in [2.45, 2.75) is 0 Å². The number of hydrogen-bond acceptors (Lipinski definition) is 8. The molecule has 128 valence electrons. The van der Waals surface area contributed by atoms with Crippen molar-refractivity contribution in [1.29, 1.82) is 0 Å². The topological polar surface area (TPSA) is 170 Å². The SMILES string of the molecule is Cn1nc([N+](=O)[O-])c2c(=O)[nH]cnc21.Cn1ncc2c(=O)[nH]cnc21. The molecule has 0 aromatic carbocycles. The smallest absolute Gasteiger partial charge is 0.358 e. The first-order valence-corrected chi connectivity index (χ1v) is 6.80. The first-order valence-electron chi connectivity index (χ1n) is 6.80. The minimum absolute atomic E-state index is 0.0972. The van der Waals surface area contributed by atoms with Gasteiger partial charge in [0.15, 0.2) is 16.7 Å². The number of H-pyrrole nitrogens is 2. The van der Waals surface area contributed by atoms with E-state index in [-0.39, 0.29) is 16.6 Å². The molecule has 0 amide bonds.